The van der Waals surface area contributed by atoms with Crippen LogP contribution in [0.15, 0.2) is 28.7 Å². The summed E-state index contributed by atoms with van der Waals surface area (Å²) >= 11 is 0. The minimum absolute atomic E-state index is 0.0780. The number of benzene rings is 1. The maximum atomic E-state index is 5.74. The lowest BCUT2D eigenvalue weighted by atomic mass is 10.1. The highest BCUT2D eigenvalue weighted by atomic mass is 16.5. The highest BCUT2D eigenvalue weighted by Crippen LogP contribution is 2.22. The number of aromatic nitrogens is 2. The van der Waals surface area contributed by atoms with Crippen molar-refractivity contribution in [2.45, 2.75) is 51.9 Å². The van der Waals surface area contributed by atoms with Crippen LogP contribution < -0.4 is 10.5 Å². The van der Waals surface area contributed by atoms with E-state index in [1.54, 1.807) is 0 Å². The molecule has 120 valence electrons. The summed E-state index contributed by atoms with van der Waals surface area (Å²) in [5, 5.41) is 7.49. The Morgan fingerprint density at radius 1 is 0.955 bits per heavy atom. The predicted molar refractivity (Wildman–Crippen MR) is 87.6 cm³/mol. The van der Waals surface area contributed by atoms with Crippen LogP contribution >= 0.6 is 0 Å². The van der Waals surface area contributed by atoms with Gasteiger partial charge in [0.05, 0.1) is 6.61 Å². The van der Waals surface area contributed by atoms with E-state index in [9.17, 15) is 0 Å². The molecule has 0 spiro atoms. The van der Waals surface area contributed by atoms with Crippen LogP contribution in [0, 0.1) is 0 Å². The van der Waals surface area contributed by atoms with Gasteiger partial charge in [-0.15, -0.1) is 5.10 Å². The third-order valence-corrected chi connectivity index (χ3v) is 3.56. The van der Waals surface area contributed by atoms with Crippen molar-refractivity contribution < 1.29 is 9.15 Å². The molecular formula is C17H25N3O2. The molecule has 1 heterocycles. The van der Waals surface area contributed by atoms with Gasteiger partial charge in [-0.25, -0.2) is 0 Å². The molecule has 0 aliphatic heterocycles. The molecule has 0 amide bonds. The van der Waals surface area contributed by atoms with Gasteiger partial charge in [-0.05, 0) is 30.7 Å². The topological polar surface area (TPSA) is 74.2 Å². The van der Waals surface area contributed by atoms with Gasteiger partial charge < -0.3 is 14.9 Å². The number of anilines is 1. The molecule has 0 bridgehead atoms. The van der Waals surface area contributed by atoms with Gasteiger partial charge in [-0.3, -0.25) is 0 Å². The van der Waals surface area contributed by atoms with E-state index >= 15 is 0 Å². The number of rotatable bonds is 10. The normalized spacial score (nSPS) is 10.8. The number of hydrogen-bond donors (Lipinski definition) is 1. The van der Waals surface area contributed by atoms with Crippen LogP contribution in [0.4, 0.5) is 6.01 Å². The third-order valence-electron chi connectivity index (χ3n) is 3.56. The fraction of sp³-hybridized carbons (Fsp3) is 0.529. The lowest BCUT2D eigenvalue weighted by Gasteiger charge is -2.06. The van der Waals surface area contributed by atoms with Crippen molar-refractivity contribution in [2.75, 3.05) is 12.3 Å². The zero-order valence-corrected chi connectivity index (χ0v) is 13.3. The van der Waals surface area contributed by atoms with Crippen molar-refractivity contribution in [3.63, 3.8) is 0 Å². The second-order valence-electron chi connectivity index (χ2n) is 5.44. The smallest absolute Gasteiger partial charge is 0.313 e. The zero-order valence-electron chi connectivity index (χ0n) is 13.3. The summed E-state index contributed by atoms with van der Waals surface area (Å²) in [6, 6.07) is 7.70. The number of unbranched alkanes of at least 4 members (excludes halogenated alkanes) is 6. The van der Waals surface area contributed by atoms with Crippen molar-refractivity contribution in [1.82, 2.24) is 10.2 Å². The summed E-state index contributed by atoms with van der Waals surface area (Å²) in [5.74, 6) is 1.29. The molecule has 0 atom stereocenters. The fourth-order valence-corrected chi connectivity index (χ4v) is 2.29. The largest absolute Gasteiger partial charge is 0.494 e. The van der Waals surface area contributed by atoms with Gasteiger partial charge in [0.15, 0.2) is 0 Å². The highest BCUT2D eigenvalue weighted by Gasteiger charge is 2.06. The molecule has 0 unspecified atom stereocenters. The molecule has 0 radical (unpaired) electrons. The monoisotopic (exact) mass is 303 g/mol. The minimum Gasteiger partial charge on any atom is -0.494 e. The van der Waals surface area contributed by atoms with E-state index in [0.717, 1.165) is 24.3 Å². The van der Waals surface area contributed by atoms with Crippen LogP contribution in [0.25, 0.3) is 11.5 Å². The van der Waals surface area contributed by atoms with Crippen LogP contribution in [0.3, 0.4) is 0 Å². The molecule has 22 heavy (non-hydrogen) atoms. The first-order valence-electron chi connectivity index (χ1n) is 8.12. The van der Waals surface area contributed by atoms with Crippen molar-refractivity contribution >= 4 is 6.01 Å². The first-order chi connectivity index (χ1) is 10.8. The molecule has 2 rings (SSSR count). The SMILES string of the molecule is CCCCCCCCCOc1ccc(-c2nnc(N)o2)cc1. The summed E-state index contributed by atoms with van der Waals surface area (Å²) in [4.78, 5) is 0. The fourth-order valence-electron chi connectivity index (χ4n) is 2.29. The van der Waals surface area contributed by atoms with Crippen LogP contribution in [0.2, 0.25) is 0 Å². The van der Waals surface area contributed by atoms with Gasteiger partial charge >= 0.3 is 6.01 Å². The van der Waals surface area contributed by atoms with Gasteiger partial charge in [-0.1, -0.05) is 50.5 Å². The first kappa shape index (κ1) is 16.3. The van der Waals surface area contributed by atoms with Gasteiger partial charge in [0.1, 0.15) is 5.75 Å². The van der Waals surface area contributed by atoms with E-state index in [-0.39, 0.29) is 6.01 Å². The van der Waals surface area contributed by atoms with E-state index in [2.05, 4.69) is 17.1 Å². The highest BCUT2D eigenvalue weighted by molar-refractivity contribution is 5.54. The van der Waals surface area contributed by atoms with Gasteiger partial charge in [0.2, 0.25) is 5.89 Å². The molecule has 2 aromatic rings. The van der Waals surface area contributed by atoms with Crippen LogP contribution in [0.1, 0.15) is 51.9 Å². The Hall–Kier alpha value is -2.04. The predicted octanol–water partition coefficient (Wildman–Crippen LogP) is 4.45. The number of nitrogen functional groups attached to an aromatic ring is 1. The van der Waals surface area contributed by atoms with Crippen LogP contribution in [-0.2, 0) is 0 Å². The van der Waals surface area contributed by atoms with Crippen molar-refractivity contribution in [3.05, 3.63) is 24.3 Å². The summed E-state index contributed by atoms with van der Waals surface area (Å²) in [5.41, 5.74) is 6.25. The molecule has 0 fully saturated rings. The number of nitrogens with zero attached hydrogens (tertiary/aromatic N) is 2. The molecule has 0 saturated heterocycles. The molecule has 0 aliphatic rings. The minimum atomic E-state index is 0.0780. The van der Waals surface area contributed by atoms with E-state index in [1.807, 2.05) is 24.3 Å². The molecule has 0 saturated carbocycles. The van der Waals surface area contributed by atoms with Crippen LogP contribution in [0.5, 0.6) is 5.75 Å². The quantitative estimate of drug-likeness (QED) is 0.656. The molecule has 5 nitrogen and oxygen atoms in total. The summed E-state index contributed by atoms with van der Waals surface area (Å²) < 4.78 is 10.9. The Bertz CT molecular complexity index is 537. The second kappa shape index (κ2) is 9.07. The Morgan fingerprint density at radius 2 is 1.64 bits per heavy atom. The molecule has 1 aromatic carbocycles. The summed E-state index contributed by atoms with van der Waals surface area (Å²) in [6.07, 6.45) is 9.01. The van der Waals surface area contributed by atoms with E-state index in [0.29, 0.717) is 5.89 Å². The lowest BCUT2D eigenvalue weighted by Crippen LogP contribution is -1.97. The average molecular weight is 303 g/mol. The maximum Gasteiger partial charge on any atom is 0.313 e. The lowest BCUT2D eigenvalue weighted by molar-refractivity contribution is 0.304. The number of nitrogens with two attached hydrogens (primary N) is 1. The molecule has 0 aliphatic carbocycles. The van der Waals surface area contributed by atoms with Gasteiger partial charge in [0, 0.05) is 5.56 Å². The van der Waals surface area contributed by atoms with E-state index in [4.69, 9.17) is 14.9 Å². The second-order valence-corrected chi connectivity index (χ2v) is 5.44. The van der Waals surface area contributed by atoms with Crippen molar-refractivity contribution in [2.24, 2.45) is 0 Å². The number of hydrogen-bond acceptors (Lipinski definition) is 5. The maximum absolute atomic E-state index is 5.74. The Kier molecular flexibility index (Phi) is 6.74. The zero-order chi connectivity index (χ0) is 15.6. The molecule has 2 N–H and O–H groups in total. The van der Waals surface area contributed by atoms with Gasteiger partial charge in [0.25, 0.3) is 0 Å². The van der Waals surface area contributed by atoms with Crippen molar-refractivity contribution in [1.29, 1.82) is 0 Å². The Morgan fingerprint density at radius 3 is 2.27 bits per heavy atom. The molecule has 1 aromatic heterocycles. The first-order valence-corrected chi connectivity index (χ1v) is 8.12. The standard InChI is InChI=1S/C17H25N3O2/c1-2-3-4-5-6-7-8-13-21-15-11-9-14(10-12-15)16-19-20-17(18)22-16/h9-12H,2-8,13H2,1H3,(H2,18,20). The molecular weight excluding hydrogens is 278 g/mol. The van der Waals surface area contributed by atoms with Crippen LogP contribution in [-0.4, -0.2) is 16.8 Å². The third kappa shape index (κ3) is 5.39. The summed E-state index contributed by atoms with van der Waals surface area (Å²) in [6.45, 7) is 3.01. The Balaban J connectivity index is 1.64. The average Bonchev–Trinajstić information content (AvgIpc) is 2.97. The van der Waals surface area contributed by atoms with Gasteiger partial charge in [-0.2, -0.15) is 0 Å². The van der Waals surface area contributed by atoms with Crippen molar-refractivity contribution in [3.8, 4) is 17.2 Å². The van der Waals surface area contributed by atoms with E-state index in [1.165, 1.54) is 38.5 Å². The molecule has 5 heteroatoms. The Labute approximate surface area is 131 Å². The number of ether oxygens (including phenoxy) is 1. The van der Waals surface area contributed by atoms with E-state index < -0.39 is 0 Å². The summed E-state index contributed by atoms with van der Waals surface area (Å²) in [7, 11) is 0.